The van der Waals surface area contributed by atoms with Crippen molar-refractivity contribution in [3.8, 4) is 11.8 Å². The minimum Gasteiger partial charge on any atom is -0.385 e. The third-order valence-electron chi connectivity index (χ3n) is 5.61. The van der Waals surface area contributed by atoms with E-state index in [1.54, 1.807) is 31.4 Å². The van der Waals surface area contributed by atoms with Crippen LogP contribution >= 0.6 is 0 Å². The molecule has 0 radical (unpaired) electrons. The summed E-state index contributed by atoms with van der Waals surface area (Å²) in [6.45, 7) is 0.711. The van der Waals surface area contributed by atoms with Crippen molar-refractivity contribution < 1.29 is 17.9 Å². The van der Waals surface area contributed by atoms with E-state index in [4.69, 9.17) is 4.74 Å². The lowest BCUT2D eigenvalue weighted by Gasteiger charge is -2.06. The molecule has 0 unspecified atom stereocenters. The fourth-order valence-electron chi connectivity index (χ4n) is 3.76. The largest absolute Gasteiger partial charge is 0.385 e. The number of ether oxygens (including phenoxy) is 1. The standard InChI is InChI=1S/C29H24F3NO/c1-34-14-2-3-21-5-11-26(33-19-21)12-6-22-16-28(31)27(29(32)17-22)13-7-20-4-8-24-18-25(30)10-9-23(24)15-20/h4-5,8-11,15-19H,2-3,6,12,14H2,1H3. The van der Waals surface area contributed by atoms with Crippen LogP contribution in [-0.2, 0) is 24.0 Å². The van der Waals surface area contributed by atoms with Crippen molar-refractivity contribution in [2.45, 2.75) is 25.7 Å². The summed E-state index contributed by atoms with van der Waals surface area (Å²) in [6.07, 6.45) is 4.73. The third kappa shape index (κ3) is 6.03. The Hall–Kier alpha value is -3.62. The lowest BCUT2D eigenvalue weighted by molar-refractivity contribution is 0.195. The van der Waals surface area contributed by atoms with Crippen molar-refractivity contribution in [2.75, 3.05) is 13.7 Å². The summed E-state index contributed by atoms with van der Waals surface area (Å²) in [6, 6.07) is 16.3. The van der Waals surface area contributed by atoms with E-state index in [1.807, 2.05) is 18.3 Å². The Morgan fingerprint density at radius 1 is 0.765 bits per heavy atom. The highest BCUT2D eigenvalue weighted by Gasteiger charge is 2.10. The van der Waals surface area contributed by atoms with Crippen molar-refractivity contribution in [3.63, 3.8) is 0 Å². The second kappa shape index (κ2) is 11.0. The number of hydrogen-bond acceptors (Lipinski definition) is 2. The number of methoxy groups -OCH3 is 1. The molecule has 5 heteroatoms. The summed E-state index contributed by atoms with van der Waals surface area (Å²) < 4.78 is 47.6. The van der Waals surface area contributed by atoms with Gasteiger partial charge in [-0.3, -0.25) is 4.98 Å². The second-order valence-electron chi connectivity index (χ2n) is 8.14. The van der Waals surface area contributed by atoms with Gasteiger partial charge in [-0.25, -0.2) is 13.2 Å². The molecule has 172 valence electrons. The van der Waals surface area contributed by atoms with Gasteiger partial charge >= 0.3 is 0 Å². The van der Waals surface area contributed by atoms with E-state index in [-0.39, 0.29) is 11.4 Å². The quantitative estimate of drug-likeness (QED) is 0.235. The van der Waals surface area contributed by atoms with Crippen molar-refractivity contribution >= 4 is 10.8 Å². The van der Waals surface area contributed by atoms with Crippen molar-refractivity contribution in [1.29, 1.82) is 0 Å². The first-order valence-electron chi connectivity index (χ1n) is 11.1. The molecule has 0 bridgehead atoms. The second-order valence-corrected chi connectivity index (χ2v) is 8.14. The Balaban J connectivity index is 1.43. The van der Waals surface area contributed by atoms with Crippen LogP contribution in [0, 0.1) is 29.3 Å². The number of pyridine rings is 1. The predicted molar refractivity (Wildman–Crippen MR) is 128 cm³/mol. The molecule has 0 aliphatic rings. The molecule has 0 fully saturated rings. The highest BCUT2D eigenvalue weighted by atomic mass is 19.1. The van der Waals surface area contributed by atoms with Gasteiger partial charge in [0.05, 0.1) is 5.56 Å². The molecular formula is C29H24F3NO. The van der Waals surface area contributed by atoms with Gasteiger partial charge in [-0.15, -0.1) is 0 Å². The monoisotopic (exact) mass is 459 g/mol. The van der Waals surface area contributed by atoms with E-state index in [0.29, 0.717) is 30.6 Å². The maximum Gasteiger partial charge on any atom is 0.142 e. The van der Waals surface area contributed by atoms with Crippen LogP contribution in [0.15, 0.2) is 66.9 Å². The molecule has 4 rings (SSSR count). The minimum absolute atomic E-state index is 0.263. The van der Waals surface area contributed by atoms with Gasteiger partial charge in [0.25, 0.3) is 0 Å². The summed E-state index contributed by atoms with van der Waals surface area (Å²) in [4.78, 5) is 4.45. The lowest BCUT2D eigenvalue weighted by atomic mass is 10.0. The van der Waals surface area contributed by atoms with E-state index in [1.165, 1.54) is 24.3 Å². The third-order valence-corrected chi connectivity index (χ3v) is 5.61. The molecular weight excluding hydrogens is 435 g/mol. The SMILES string of the molecule is COCCCc1ccc(CCc2cc(F)c(C#Cc3ccc4cc(F)ccc4c3)c(F)c2)nc1. The van der Waals surface area contributed by atoms with Gasteiger partial charge in [0.2, 0.25) is 0 Å². The van der Waals surface area contributed by atoms with Crippen LogP contribution in [0.2, 0.25) is 0 Å². The molecule has 3 aromatic carbocycles. The maximum absolute atomic E-state index is 14.6. The number of hydrogen-bond donors (Lipinski definition) is 0. The number of benzene rings is 3. The fourth-order valence-corrected chi connectivity index (χ4v) is 3.76. The first-order chi connectivity index (χ1) is 16.5. The van der Waals surface area contributed by atoms with Gasteiger partial charge in [0.1, 0.15) is 17.5 Å². The number of aromatic nitrogens is 1. The Bertz CT molecular complexity index is 1330. The average Bonchev–Trinajstić information content (AvgIpc) is 2.83. The molecule has 0 saturated heterocycles. The van der Waals surface area contributed by atoms with Gasteiger partial charge in [-0.2, -0.15) is 0 Å². The molecule has 1 heterocycles. The zero-order valence-electron chi connectivity index (χ0n) is 18.9. The molecule has 34 heavy (non-hydrogen) atoms. The molecule has 0 spiro atoms. The predicted octanol–water partition coefficient (Wildman–Crippen LogP) is 6.42. The number of rotatable bonds is 7. The first kappa shape index (κ1) is 23.5. The maximum atomic E-state index is 14.6. The lowest BCUT2D eigenvalue weighted by Crippen LogP contribution is -1.99. The molecule has 0 amide bonds. The fraction of sp³-hybridized carbons (Fsp3) is 0.207. The van der Waals surface area contributed by atoms with Crippen LogP contribution in [0.5, 0.6) is 0 Å². The van der Waals surface area contributed by atoms with Gasteiger partial charge in [0.15, 0.2) is 0 Å². The van der Waals surface area contributed by atoms with Crippen LogP contribution in [0.3, 0.4) is 0 Å². The molecule has 2 nitrogen and oxygen atoms in total. The topological polar surface area (TPSA) is 22.1 Å². The number of aryl methyl sites for hydroxylation is 3. The number of nitrogens with zero attached hydrogens (tertiary/aromatic N) is 1. The summed E-state index contributed by atoms with van der Waals surface area (Å²) in [5.41, 5.74) is 2.90. The molecule has 0 N–H and O–H groups in total. The molecule has 0 saturated carbocycles. The summed E-state index contributed by atoms with van der Waals surface area (Å²) in [7, 11) is 1.68. The van der Waals surface area contributed by atoms with E-state index in [2.05, 4.69) is 16.8 Å². The highest BCUT2D eigenvalue weighted by molar-refractivity contribution is 5.84. The van der Waals surface area contributed by atoms with E-state index in [9.17, 15) is 13.2 Å². The van der Waals surface area contributed by atoms with Crippen LogP contribution < -0.4 is 0 Å². The van der Waals surface area contributed by atoms with Crippen molar-refractivity contribution in [2.24, 2.45) is 0 Å². The molecule has 0 atom stereocenters. The zero-order chi connectivity index (χ0) is 23.9. The van der Waals surface area contributed by atoms with Gasteiger partial charge in [-0.05, 0) is 90.0 Å². The highest BCUT2D eigenvalue weighted by Crippen LogP contribution is 2.19. The van der Waals surface area contributed by atoms with Gasteiger partial charge < -0.3 is 4.74 Å². The van der Waals surface area contributed by atoms with E-state index >= 15 is 0 Å². The zero-order valence-corrected chi connectivity index (χ0v) is 18.9. The van der Waals surface area contributed by atoms with Crippen molar-refractivity contribution in [3.05, 3.63) is 112 Å². The Morgan fingerprint density at radius 2 is 1.53 bits per heavy atom. The first-order valence-corrected chi connectivity index (χ1v) is 11.1. The smallest absolute Gasteiger partial charge is 0.142 e. The summed E-state index contributed by atoms with van der Waals surface area (Å²) in [5, 5.41) is 1.54. The Morgan fingerprint density at radius 3 is 2.26 bits per heavy atom. The van der Waals surface area contributed by atoms with Gasteiger partial charge in [0, 0.05) is 31.2 Å². The summed E-state index contributed by atoms with van der Waals surface area (Å²) >= 11 is 0. The van der Waals surface area contributed by atoms with Crippen LogP contribution in [0.4, 0.5) is 13.2 Å². The van der Waals surface area contributed by atoms with Crippen LogP contribution in [0.25, 0.3) is 10.8 Å². The Kier molecular flexibility index (Phi) is 7.61. The normalized spacial score (nSPS) is 10.8. The Labute approximate surface area is 197 Å². The molecule has 0 aliphatic heterocycles. The number of halogens is 3. The number of fused-ring (bicyclic) bond motifs is 1. The van der Waals surface area contributed by atoms with Gasteiger partial charge in [-0.1, -0.05) is 30.0 Å². The van der Waals surface area contributed by atoms with Crippen LogP contribution in [0.1, 0.15) is 34.4 Å². The average molecular weight is 460 g/mol. The minimum atomic E-state index is -0.688. The van der Waals surface area contributed by atoms with E-state index in [0.717, 1.165) is 34.9 Å². The molecule has 0 aliphatic carbocycles. The molecule has 1 aromatic heterocycles. The summed E-state index contributed by atoms with van der Waals surface area (Å²) in [5.74, 6) is 3.72. The molecule has 4 aromatic rings. The van der Waals surface area contributed by atoms with E-state index < -0.39 is 11.6 Å². The van der Waals surface area contributed by atoms with Crippen LogP contribution in [-0.4, -0.2) is 18.7 Å². The van der Waals surface area contributed by atoms with Crippen molar-refractivity contribution in [1.82, 2.24) is 4.98 Å².